The number of hydrogen-bond donors (Lipinski definition) is 2. The van der Waals surface area contributed by atoms with E-state index in [0.29, 0.717) is 6.61 Å². The van der Waals surface area contributed by atoms with Crippen LogP contribution in [-0.2, 0) is 22.4 Å². The number of nitrogens with one attached hydrogen (secondary N) is 1. The SMILES string of the molecule is COCCCNc1c2c(nc3cc(OCCCN4CCCC4)c(OC)cc13)CCC2.O=CO. The standard InChI is InChI=1S/C24H35N3O3.CH2O2/c1-28-14-6-10-25-24-18-8-5-9-20(18)26-21-17-23(22(29-2)16-19(21)24)30-15-7-13-27-11-3-4-12-27;2-1-3/h16-17H,3-15H2,1-2H3,(H,25,26);1H,(H,2,3). The summed E-state index contributed by atoms with van der Waals surface area (Å²) < 4.78 is 17.0. The lowest BCUT2D eigenvalue weighted by Gasteiger charge is -2.18. The Bertz CT molecular complexity index is 899. The van der Waals surface area contributed by atoms with Gasteiger partial charge in [-0.25, -0.2) is 0 Å². The molecule has 1 aromatic carbocycles. The van der Waals surface area contributed by atoms with Crippen molar-refractivity contribution in [2.45, 2.75) is 44.9 Å². The Balaban J connectivity index is 0.000000968. The Morgan fingerprint density at radius 1 is 1.09 bits per heavy atom. The summed E-state index contributed by atoms with van der Waals surface area (Å²) in [5.74, 6) is 1.57. The molecule has 1 aromatic heterocycles. The largest absolute Gasteiger partial charge is 0.493 e. The number of pyridine rings is 1. The zero-order valence-electron chi connectivity index (χ0n) is 19.9. The summed E-state index contributed by atoms with van der Waals surface area (Å²) in [6.07, 6.45) is 7.98. The first-order valence-corrected chi connectivity index (χ1v) is 11.9. The number of benzene rings is 1. The lowest BCUT2D eigenvalue weighted by atomic mass is 10.1. The number of hydrogen-bond acceptors (Lipinski definition) is 7. The number of nitrogens with zero attached hydrogens (tertiary/aromatic N) is 2. The van der Waals surface area contributed by atoms with Crippen LogP contribution in [0, 0.1) is 0 Å². The minimum atomic E-state index is -0.250. The van der Waals surface area contributed by atoms with Gasteiger partial charge in [0, 0.05) is 49.6 Å². The first-order valence-electron chi connectivity index (χ1n) is 11.9. The smallest absolute Gasteiger partial charge is 0.290 e. The van der Waals surface area contributed by atoms with Crippen LogP contribution in [0.15, 0.2) is 12.1 Å². The second kappa shape index (κ2) is 13.2. The molecular weight excluding hydrogens is 422 g/mol. The van der Waals surface area contributed by atoms with Gasteiger partial charge in [0.05, 0.1) is 19.2 Å². The van der Waals surface area contributed by atoms with E-state index in [-0.39, 0.29) is 6.47 Å². The van der Waals surface area contributed by atoms with Gasteiger partial charge in [0.25, 0.3) is 6.47 Å². The van der Waals surface area contributed by atoms with E-state index >= 15 is 0 Å². The van der Waals surface area contributed by atoms with E-state index in [1.165, 1.54) is 49.3 Å². The molecule has 2 N–H and O–H groups in total. The highest BCUT2D eigenvalue weighted by atomic mass is 16.5. The van der Waals surface area contributed by atoms with E-state index in [9.17, 15) is 0 Å². The molecule has 0 saturated carbocycles. The van der Waals surface area contributed by atoms with Crippen molar-refractivity contribution in [1.29, 1.82) is 0 Å². The van der Waals surface area contributed by atoms with E-state index < -0.39 is 0 Å². The Labute approximate surface area is 196 Å². The number of ether oxygens (including phenoxy) is 3. The molecule has 182 valence electrons. The molecule has 0 amide bonds. The maximum atomic E-state index is 8.36. The third kappa shape index (κ3) is 6.71. The molecule has 0 atom stereocenters. The summed E-state index contributed by atoms with van der Waals surface area (Å²) >= 11 is 0. The predicted molar refractivity (Wildman–Crippen MR) is 130 cm³/mol. The van der Waals surface area contributed by atoms with Crippen LogP contribution in [-0.4, -0.2) is 75.1 Å². The molecule has 33 heavy (non-hydrogen) atoms. The predicted octanol–water partition coefficient (Wildman–Crippen LogP) is 3.75. The summed E-state index contributed by atoms with van der Waals surface area (Å²) in [4.78, 5) is 15.9. The van der Waals surface area contributed by atoms with Gasteiger partial charge in [-0.05, 0) is 69.7 Å². The second-order valence-corrected chi connectivity index (χ2v) is 8.42. The van der Waals surface area contributed by atoms with Gasteiger partial charge < -0.3 is 29.5 Å². The fourth-order valence-electron chi connectivity index (χ4n) is 4.65. The molecule has 0 radical (unpaired) electrons. The molecule has 1 fully saturated rings. The number of likely N-dealkylation sites (tertiary alicyclic amines) is 1. The summed E-state index contributed by atoms with van der Waals surface area (Å²) in [5.41, 5.74) is 4.78. The number of fused-ring (bicyclic) bond motifs is 2. The van der Waals surface area contributed by atoms with Gasteiger partial charge in [0.1, 0.15) is 0 Å². The molecule has 2 aliphatic rings. The van der Waals surface area contributed by atoms with Crippen molar-refractivity contribution in [3.8, 4) is 11.5 Å². The van der Waals surface area contributed by atoms with E-state index in [0.717, 1.165) is 67.8 Å². The van der Waals surface area contributed by atoms with Gasteiger partial charge in [0.15, 0.2) is 11.5 Å². The Hall–Kier alpha value is -2.58. The van der Waals surface area contributed by atoms with Crippen molar-refractivity contribution in [3.63, 3.8) is 0 Å². The minimum absolute atomic E-state index is 0.250. The first-order chi connectivity index (χ1) is 16.2. The number of aryl methyl sites for hydroxylation is 1. The molecule has 1 aliphatic carbocycles. The van der Waals surface area contributed by atoms with Crippen LogP contribution in [0.3, 0.4) is 0 Å². The zero-order valence-corrected chi connectivity index (χ0v) is 19.9. The number of anilines is 1. The van der Waals surface area contributed by atoms with Gasteiger partial charge in [-0.3, -0.25) is 9.78 Å². The number of carboxylic acid groups (broad SMARTS) is 1. The molecule has 8 nitrogen and oxygen atoms in total. The molecule has 0 unspecified atom stereocenters. The highest BCUT2D eigenvalue weighted by Gasteiger charge is 2.21. The average Bonchev–Trinajstić information content (AvgIpc) is 3.51. The van der Waals surface area contributed by atoms with Gasteiger partial charge in [-0.1, -0.05) is 0 Å². The van der Waals surface area contributed by atoms with Crippen LogP contribution >= 0.6 is 0 Å². The molecule has 1 saturated heterocycles. The summed E-state index contributed by atoms with van der Waals surface area (Å²) in [6, 6.07) is 4.15. The molecule has 0 spiro atoms. The van der Waals surface area contributed by atoms with E-state index in [2.05, 4.69) is 22.3 Å². The minimum Gasteiger partial charge on any atom is -0.493 e. The van der Waals surface area contributed by atoms with Crippen molar-refractivity contribution >= 4 is 23.1 Å². The first kappa shape index (κ1) is 25.1. The molecular formula is C25H37N3O5. The van der Waals surface area contributed by atoms with Gasteiger partial charge in [-0.15, -0.1) is 0 Å². The highest BCUT2D eigenvalue weighted by Crippen LogP contribution is 2.39. The molecule has 2 aromatic rings. The van der Waals surface area contributed by atoms with Crippen molar-refractivity contribution in [1.82, 2.24) is 9.88 Å². The summed E-state index contributed by atoms with van der Waals surface area (Å²) in [5, 5.41) is 11.7. The third-order valence-corrected chi connectivity index (χ3v) is 6.20. The van der Waals surface area contributed by atoms with Crippen molar-refractivity contribution in [2.24, 2.45) is 0 Å². The molecule has 8 heteroatoms. The number of rotatable bonds is 11. The zero-order chi connectivity index (χ0) is 23.5. The Kier molecular flexibility index (Phi) is 10.0. The maximum absolute atomic E-state index is 8.36. The fraction of sp³-hybridized carbons (Fsp3) is 0.600. The molecule has 4 rings (SSSR count). The molecule has 2 heterocycles. The van der Waals surface area contributed by atoms with E-state index in [4.69, 9.17) is 29.1 Å². The van der Waals surface area contributed by atoms with Crippen LogP contribution in [0.25, 0.3) is 10.9 Å². The lowest BCUT2D eigenvalue weighted by Crippen LogP contribution is -2.21. The molecule has 1 aliphatic heterocycles. The summed E-state index contributed by atoms with van der Waals surface area (Å²) in [6.45, 7) is 5.67. The van der Waals surface area contributed by atoms with Gasteiger partial charge in [-0.2, -0.15) is 0 Å². The monoisotopic (exact) mass is 459 g/mol. The lowest BCUT2D eigenvalue weighted by molar-refractivity contribution is -0.122. The van der Waals surface area contributed by atoms with Crippen LogP contribution in [0.4, 0.5) is 5.69 Å². The second-order valence-electron chi connectivity index (χ2n) is 8.42. The topological polar surface area (TPSA) is 93.1 Å². The van der Waals surface area contributed by atoms with E-state index in [1.807, 2.05) is 0 Å². The van der Waals surface area contributed by atoms with Gasteiger partial charge >= 0.3 is 0 Å². The Morgan fingerprint density at radius 2 is 1.88 bits per heavy atom. The van der Waals surface area contributed by atoms with E-state index in [1.54, 1.807) is 14.2 Å². The van der Waals surface area contributed by atoms with Gasteiger partial charge in [0.2, 0.25) is 0 Å². The van der Waals surface area contributed by atoms with Crippen molar-refractivity contribution in [3.05, 3.63) is 23.4 Å². The number of methoxy groups -OCH3 is 2. The van der Waals surface area contributed by atoms with Crippen LogP contribution in [0.2, 0.25) is 0 Å². The number of carbonyl (C=O) groups is 1. The Morgan fingerprint density at radius 3 is 2.61 bits per heavy atom. The number of aromatic nitrogens is 1. The van der Waals surface area contributed by atoms with Crippen LogP contribution in [0.1, 0.15) is 43.4 Å². The average molecular weight is 460 g/mol. The highest BCUT2D eigenvalue weighted by molar-refractivity contribution is 5.96. The normalized spacial score (nSPS) is 15.1. The van der Waals surface area contributed by atoms with Crippen molar-refractivity contribution < 1.29 is 24.1 Å². The maximum Gasteiger partial charge on any atom is 0.290 e. The summed E-state index contributed by atoms with van der Waals surface area (Å²) in [7, 11) is 3.46. The molecule has 0 bridgehead atoms. The quantitative estimate of drug-likeness (QED) is 0.388. The van der Waals surface area contributed by atoms with Crippen LogP contribution in [0.5, 0.6) is 11.5 Å². The van der Waals surface area contributed by atoms with Crippen molar-refractivity contribution in [2.75, 3.05) is 58.9 Å². The van der Waals surface area contributed by atoms with Crippen LogP contribution < -0.4 is 14.8 Å². The fourth-order valence-corrected chi connectivity index (χ4v) is 4.65. The third-order valence-electron chi connectivity index (χ3n) is 6.20.